The van der Waals surface area contributed by atoms with E-state index in [4.69, 9.17) is 9.47 Å². The van der Waals surface area contributed by atoms with Gasteiger partial charge in [0.15, 0.2) is 5.78 Å². The van der Waals surface area contributed by atoms with Crippen molar-refractivity contribution < 1.29 is 14.3 Å². The second-order valence-corrected chi connectivity index (χ2v) is 4.10. The first kappa shape index (κ1) is 11.7. The first-order chi connectivity index (χ1) is 6.66. The number of methoxy groups -OCH3 is 2. The molecule has 0 aromatic rings. The molecule has 0 spiro atoms. The van der Waals surface area contributed by atoms with Crippen LogP contribution >= 0.6 is 0 Å². The van der Waals surface area contributed by atoms with Gasteiger partial charge in [-0.05, 0) is 25.7 Å². The Labute approximate surface area is 85.8 Å². The van der Waals surface area contributed by atoms with Gasteiger partial charge in [-0.15, -0.1) is 0 Å². The Morgan fingerprint density at radius 3 is 2.43 bits per heavy atom. The molecule has 14 heavy (non-hydrogen) atoms. The van der Waals surface area contributed by atoms with Crippen molar-refractivity contribution >= 4 is 5.78 Å². The van der Waals surface area contributed by atoms with Crippen LogP contribution in [0.3, 0.4) is 0 Å². The van der Waals surface area contributed by atoms with Crippen LogP contribution in [0.4, 0.5) is 0 Å². The summed E-state index contributed by atoms with van der Waals surface area (Å²) in [5.41, 5.74) is -0.451. The third-order valence-corrected chi connectivity index (χ3v) is 3.20. The normalized spacial score (nSPS) is 21.4. The molecule has 1 unspecified atom stereocenters. The maximum atomic E-state index is 12.0. The molecule has 0 bridgehead atoms. The molecule has 1 saturated carbocycles. The average molecular weight is 200 g/mol. The summed E-state index contributed by atoms with van der Waals surface area (Å²) in [7, 11) is 3.30. The first-order valence-electron chi connectivity index (χ1n) is 5.24. The molecule has 0 radical (unpaired) electrons. The maximum absolute atomic E-state index is 12.0. The predicted molar refractivity (Wildman–Crippen MR) is 54.3 cm³/mol. The predicted octanol–water partition coefficient (Wildman–Crippen LogP) is 1.80. The number of rotatable bonds is 6. The zero-order valence-corrected chi connectivity index (χ0v) is 9.34. The first-order valence-corrected chi connectivity index (χ1v) is 5.24. The fourth-order valence-electron chi connectivity index (χ4n) is 1.92. The van der Waals surface area contributed by atoms with Crippen LogP contribution in [0.1, 0.15) is 32.6 Å². The summed E-state index contributed by atoms with van der Waals surface area (Å²) in [6.45, 7) is 2.60. The lowest BCUT2D eigenvalue weighted by Crippen LogP contribution is -2.49. The van der Waals surface area contributed by atoms with E-state index >= 15 is 0 Å². The number of carbonyl (C=O) groups excluding carboxylic acids is 1. The fourth-order valence-corrected chi connectivity index (χ4v) is 1.92. The highest BCUT2D eigenvalue weighted by Gasteiger charge is 2.45. The topological polar surface area (TPSA) is 35.5 Å². The molecule has 0 N–H and O–H groups in total. The molecule has 0 aliphatic heterocycles. The van der Waals surface area contributed by atoms with Crippen molar-refractivity contribution in [1.29, 1.82) is 0 Å². The van der Waals surface area contributed by atoms with Crippen LogP contribution in [-0.2, 0) is 14.3 Å². The van der Waals surface area contributed by atoms with Gasteiger partial charge in [-0.1, -0.05) is 6.92 Å². The highest BCUT2D eigenvalue weighted by Crippen LogP contribution is 2.38. The smallest absolute Gasteiger partial charge is 0.167 e. The molecule has 0 amide bonds. The minimum Gasteiger partial charge on any atom is -0.385 e. The highest BCUT2D eigenvalue weighted by atomic mass is 16.5. The third kappa shape index (κ3) is 2.15. The van der Waals surface area contributed by atoms with Crippen LogP contribution in [0.2, 0.25) is 0 Å². The SMILES string of the molecule is COCCC(C)C(=O)C1(OC)CCC1. The van der Waals surface area contributed by atoms with E-state index in [1.165, 1.54) is 0 Å². The summed E-state index contributed by atoms with van der Waals surface area (Å²) in [5, 5.41) is 0. The molecule has 1 aliphatic carbocycles. The quantitative estimate of drug-likeness (QED) is 0.656. The third-order valence-electron chi connectivity index (χ3n) is 3.20. The van der Waals surface area contributed by atoms with Gasteiger partial charge in [0.25, 0.3) is 0 Å². The summed E-state index contributed by atoms with van der Waals surface area (Å²) in [4.78, 5) is 12.0. The van der Waals surface area contributed by atoms with Gasteiger partial charge in [-0.2, -0.15) is 0 Å². The van der Waals surface area contributed by atoms with Crippen molar-refractivity contribution in [3.63, 3.8) is 0 Å². The molecule has 3 heteroatoms. The van der Waals surface area contributed by atoms with E-state index in [1.54, 1.807) is 14.2 Å². The zero-order valence-electron chi connectivity index (χ0n) is 9.34. The lowest BCUT2D eigenvalue weighted by molar-refractivity contribution is -0.156. The number of Topliss-reactive ketones (excluding diaryl/α,β-unsaturated/α-hetero) is 1. The molecule has 1 aliphatic rings. The number of carbonyl (C=O) groups is 1. The molecule has 1 fully saturated rings. The molecule has 0 saturated heterocycles. The van der Waals surface area contributed by atoms with E-state index in [2.05, 4.69) is 0 Å². The summed E-state index contributed by atoms with van der Waals surface area (Å²) >= 11 is 0. The molecule has 0 aromatic heterocycles. The molecule has 1 rings (SSSR count). The molecule has 0 aromatic carbocycles. The second-order valence-electron chi connectivity index (χ2n) is 4.10. The summed E-state index contributed by atoms with van der Waals surface area (Å²) < 4.78 is 10.3. The van der Waals surface area contributed by atoms with E-state index in [0.29, 0.717) is 6.61 Å². The summed E-state index contributed by atoms with van der Waals surface area (Å²) in [5.74, 6) is 0.304. The van der Waals surface area contributed by atoms with Gasteiger partial charge in [0.2, 0.25) is 0 Å². The standard InChI is InChI=1S/C11H20O3/c1-9(5-8-13-2)10(12)11(14-3)6-4-7-11/h9H,4-8H2,1-3H3. The van der Waals surface area contributed by atoms with Gasteiger partial charge in [0.1, 0.15) is 5.60 Å². The Morgan fingerprint density at radius 2 is 2.07 bits per heavy atom. The Balaban J connectivity index is 2.46. The van der Waals surface area contributed by atoms with Crippen molar-refractivity contribution in [3.8, 4) is 0 Å². The monoisotopic (exact) mass is 200 g/mol. The zero-order chi connectivity index (χ0) is 10.6. The summed E-state index contributed by atoms with van der Waals surface area (Å²) in [6, 6.07) is 0. The minimum absolute atomic E-state index is 0.0511. The van der Waals surface area contributed by atoms with E-state index in [9.17, 15) is 4.79 Å². The van der Waals surface area contributed by atoms with E-state index in [0.717, 1.165) is 25.7 Å². The molecule has 1 atom stereocenters. The fraction of sp³-hybridized carbons (Fsp3) is 0.909. The van der Waals surface area contributed by atoms with Crippen molar-refractivity contribution in [2.75, 3.05) is 20.8 Å². The second kappa shape index (κ2) is 4.89. The van der Waals surface area contributed by atoms with Crippen LogP contribution in [0.5, 0.6) is 0 Å². The van der Waals surface area contributed by atoms with Crippen molar-refractivity contribution in [3.05, 3.63) is 0 Å². The molecular formula is C11H20O3. The van der Waals surface area contributed by atoms with Crippen LogP contribution in [0.25, 0.3) is 0 Å². The number of hydrogen-bond donors (Lipinski definition) is 0. The minimum atomic E-state index is -0.451. The van der Waals surface area contributed by atoms with E-state index in [-0.39, 0.29) is 11.7 Å². The van der Waals surface area contributed by atoms with Crippen LogP contribution in [-0.4, -0.2) is 32.2 Å². The van der Waals surface area contributed by atoms with Gasteiger partial charge in [-0.25, -0.2) is 0 Å². The Morgan fingerprint density at radius 1 is 1.43 bits per heavy atom. The van der Waals surface area contributed by atoms with Gasteiger partial charge < -0.3 is 9.47 Å². The van der Waals surface area contributed by atoms with Crippen molar-refractivity contribution in [2.24, 2.45) is 5.92 Å². The summed E-state index contributed by atoms with van der Waals surface area (Å²) in [6.07, 6.45) is 3.68. The lowest BCUT2D eigenvalue weighted by atomic mass is 9.73. The number of ketones is 1. The molecular weight excluding hydrogens is 180 g/mol. The Hall–Kier alpha value is -0.410. The average Bonchev–Trinajstić information content (AvgIpc) is 2.13. The van der Waals surface area contributed by atoms with Gasteiger partial charge >= 0.3 is 0 Å². The molecule has 3 nitrogen and oxygen atoms in total. The molecule has 82 valence electrons. The Bertz CT molecular complexity index is 191. The largest absolute Gasteiger partial charge is 0.385 e. The van der Waals surface area contributed by atoms with Gasteiger partial charge in [-0.3, -0.25) is 4.79 Å². The Kier molecular flexibility index (Phi) is 4.08. The van der Waals surface area contributed by atoms with Gasteiger partial charge in [0, 0.05) is 26.7 Å². The van der Waals surface area contributed by atoms with E-state index in [1.807, 2.05) is 6.92 Å². The van der Waals surface area contributed by atoms with Crippen molar-refractivity contribution in [2.45, 2.75) is 38.2 Å². The maximum Gasteiger partial charge on any atom is 0.167 e. The van der Waals surface area contributed by atoms with Crippen molar-refractivity contribution in [1.82, 2.24) is 0 Å². The van der Waals surface area contributed by atoms with Crippen LogP contribution in [0.15, 0.2) is 0 Å². The number of ether oxygens (including phenoxy) is 2. The van der Waals surface area contributed by atoms with Crippen LogP contribution in [0, 0.1) is 5.92 Å². The van der Waals surface area contributed by atoms with Gasteiger partial charge in [0.05, 0.1) is 0 Å². The number of hydrogen-bond acceptors (Lipinski definition) is 3. The highest BCUT2D eigenvalue weighted by molar-refractivity contribution is 5.90. The van der Waals surface area contributed by atoms with Crippen LogP contribution < -0.4 is 0 Å². The molecule has 0 heterocycles. The lowest BCUT2D eigenvalue weighted by Gasteiger charge is -2.40. The van der Waals surface area contributed by atoms with E-state index < -0.39 is 5.60 Å².